The van der Waals surface area contributed by atoms with Crippen LogP contribution in [0.15, 0.2) is 24.3 Å². The molecule has 1 aromatic carbocycles. The molecule has 2 saturated heterocycles. The van der Waals surface area contributed by atoms with Crippen molar-refractivity contribution in [3.8, 4) is 0 Å². The predicted molar refractivity (Wildman–Crippen MR) is 73.5 cm³/mol. The van der Waals surface area contributed by atoms with Crippen LogP contribution in [-0.4, -0.2) is 41.7 Å². The Kier molecular flexibility index (Phi) is 3.49. The van der Waals surface area contributed by atoms with Crippen molar-refractivity contribution in [2.24, 2.45) is 5.73 Å². The first-order valence-corrected chi connectivity index (χ1v) is 6.93. The van der Waals surface area contributed by atoms with Crippen LogP contribution in [0.25, 0.3) is 0 Å². The van der Waals surface area contributed by atoms with Gasteiger partial charge >= 0.3 is 0 Å². The second kappa shape index (κ2) is 5.06. The van der Waals surface area contributed by atoms with E-state index in [2.05, 4.69) is 0 Å². The molecule has 0 bridgehead atoms. The summed E-state index contributed by atoms with van der Waals surface area (Å²) in [5.41, 5.74) is 6.51. The van der Waals surface area contributed by atoms with Crippen molar-refractivity contribution in [1.82, 2.24) is 0 Å². The second-order valence-corrected chi connectivity index (χ2v) is 5.83. The molecule has 0 aliphatic carbocycles. The van der Waals surface area contributed by atoms with E-state index in [-0.39, 0.29) is 18.8 Å². The van der Waals surface area contributed by atoms with Crippen LogP contribution < -0.4 is 5.73 Å². The molecule has 0 saturated carbocycles. The van der Waals surface area contributed by atoms with Crippen LogP contribution in [0.2, 0.25) is 0 Å². The first-order valence-electron chi connectivity index (χ1n) is 6.93. The Labute approximate surface area is 122 Å². The van der Waals surface area contributed by atoms with Gasteiger partial charge in [0.15, 0.2) is 5.79 Å². The lowest BCUT2D eigenvalue weighted by Gasteiger charge is -2.23. The smallest absolute Gasteiger partial charge is 0.248 e. The number of aliphatic hydroxyl groups excluding tert-OH is 1. The van der Waals surface area contributed by atoms with Gasteiger partial charge in [0.05, 0.1) is 6.61 Å². The summed E-state index contributed by atoms with van der Waals surface area (Å²) in [4.78, 5) is 11.3. The largest absolute Gasteiger partial charge is 0.394 e. The van der Waals surface area contributed by atoms with E-state index in [0.29, 0.717) is 5.56 Å². The van der Waals surface area contributed by atoms with Crippen LogP contribution in [0.1, 0.15) is 35.9 Å². The first kappa shape index (κ1) is 14.5. The van der Waals surface area contributed by atoms with Gasteiger partial charge in [0.25, 0.3) is 0 Å². The molecular formula is C15H19NO5. The monoisotopic (exact) mass is 293 g/mol. The van der Waals surface area contributed by atoms with Gasteiger partial charge in [-0.1, -0.05) is 12.1 Å². The van der Waals surface area contributed by atoms with Gasteiger partial charge in [0.1, 0.15) is 24.4 Å². The van der Waals surface area contributed by atoms with Crippen molar-refractivity contribution in [2.45, 2.75) is 44.1 Å². The Hall–Kier alpha value is -1.47. The summed E-state index contributed by atoms with van der Waals surface area (Å²) in [6.07, 6.45) is -1.49. The first-order chi connectivity index (χ1) is 9.91. The minimum absolute atomic E-state index is 0.146. The average Bonchev–Trinajstić information content (AvgIpc) is 2.91. The number of benzene rings is 1. The minimum atomic E-state index is -0.716. The van der Waals surface area contributed by atoms with Crippen molar-refractivity contribution in [2.75, 3.05) is 6.61 Å². The van der Waals surface area contributed by atoms with Gasteiger partial charge in [-0.15, -0.1) is 0 Å². The Bertz CT molecular complexity index is 559. The molecule has 2 heterocycles. The van der Waals surface area contributed by atoms with Crippen LogP contribution in [0.5, 0.6) is 0 Å². The Morgan fingerprint density at radius 3 is 2.71 bits per heavy atom. The molecule has 0 radical (unpaired) electrons. The van der Waals surface area contributed by atoms with Crippen LogP contribution in [0.3, 0.4) is 0 Å². The summed E-state index contributed by atoms with van der Waals surface area (Å²) in [7, 11) is 0. The molecule has 21 heavy (non-hydrogen) atoms. The second-order valence-electron chi connectivity index (χ2n) is 5.83. The molecule has 2 aliphatic heterocycles. The molecule has 1 aromatic rings. The van der Waals surface area contributed by atoms with Gasteiger partial charge in [0, 0.05) is 5.56 Å². The molecule has 3 rings (SSSR count). The fourth-order valence-electron chi connectivity index (χ4n) is 2.97. The molecule has 114 valence electrons. The molecule has 2 unspecified atom stereocenters. The molecule has 0 spiro atoms. The number of aliphatic hydroxyl groups is 1. The zero-order valence-electron chi connectivity index (χ0n) is 12.0. The lowest BCUT2D eigenvalue weighted by Crippen LogP contribution is -2.31. The van der Waals surface area contributed by atoms with Gasteiger partial charge in [-0.3, -0.25) is 4.79 Å². The van der Waals surface area contributed by atoms with Crippen LogP contribution in [0, 0.1) is 0 Å². The Morgan fingerprint density at radius 1 is 1.33 bits per heavy atom. The number of fused-ring (bicyclic) bond motifs is 1. The fourth-order valence-corrected chi connectivity index (χ4v) is 2.97. The molecule has 4 atom stereocenters. The van der Waals surface area contributed by atoms with E-state index in [1.165, 1.54) is 0 Å². The predicted octanol–water partition coefficient (Wildman–Crippen LogP) is 0.738. The maximum atomic E-state index is 11.3. The van der Waals surface area contributed by atoms with Gasteiger partial charge in [0.2, 0.25) is 5.91 Å². The summed E-state index contributed by atoms with van der Waals surface area (Å²) in [5.74, 6) is -1.21. The molecule has 2 aliphatic rings. The molecule has 1 amide bonds. The third-order valence-electron chi connectivity index (χ3n) is 3.83. The Balaban J connectivity index is 1.92. The summed E-state index contributed by atoms with van der Waals surface area (Å²) < 4.78 is 17.5. The van der Waals surface area contributed by atoms with Gasteiger partial charge < -0.3 is 25.1 Å². The van der Waals surface area contributed by atoms with E-state index in [1.54, 1.807) is 18.2 Å². The zero-order valence-corrected chi connectivity index (χ0v) is 12.0. The summed E-state index contributed by atoms with van der Waals surface area (Å²) >= 11 is 0. The van der Waals surface area contributed by atoms with Gasteiger partial charge in [-0.2, -0.15) is 0 Å². The maximum Gasteiger partial charge on any atom is 0.248 e. The molecule has 6 nitrogen and oxygen atoms in total. The molecule has 6 heteroatoms. The lowest BCUT2D eigenvalue weighted by molar-refractivity contribution is -0.191. The number of hydrogen-bond donors (Lipinski definition) is 2. The van der Waals surface area contributed by atoms with Crippen LogP contribution in [0.4, 0.5) is 0 Å². The van der Waals surface area contributed by atoms with Crippen molar-refractivity contribution in [3.05, 3.63) is 35.4 Å². The summed E-state index contributed by atoms with van der Waals surface area (Å²) in [6.45, 7) is 3.51. The van der Waals surface area contributed by atoms with E-state index in [4.69, 9.17) is 19.9 Å². The third kappa shape index (κ3) is 2.55. The SMILES string of the molecule is CC1(C)OC2C(O1)[C@H](c1cccc(C(N)=O)c1)O[C@@H]2CO. The van der Waals surface area contributed by atoms with E-state index < -0.39 is 23.9 Å². The van der Waals surface area contributed by atoms with Crippen molar-refractivity contribution in [1.29, 1.82) is 0 Å². The highest BCUT2D eigenvalue weighted by Gasteiger charge is 2.55. The van der Waals surface area contributed by atoms with Crippen molar-refractivity contribution < 1.29 is 24.1 Å². The van der Waals surface area contributed by atoms with Crippen molar-refractivity contribution >= 4 is 5.91 Å². The fraction of sp³-hybridized carbons (Fsp3) is 0.533. The van der Waals surface area contributed by atoms with Gasteiger partial charge in [-0.05, 0) is 31.5 Å². The highest BCUT2D eigenvalue weighted by Crippen LogP contribution is 2.45. The van der Waals surface area contributed by atoms with Gasteiger partial charge in [-0.25, -0.2) is 0 Å². The average molecular weight is 293 g/mol. The highest BCUT2D eigenvalue weighted by atomic mass is 16.8. The number of ether oxygens (including phenoxy) is 3. The molecule has 3 N–H and O–H groups in total. The van der Waals surface area contributed by atoms with Crippen LogP contribution in [-0.2, 0) is 14.2 Å². The number of amides is 1. The maximum absolute atomic E-state index is 11.3. The lowest BCUT2D eigenvalue weighted by atomic mass is 10.00. The minimum Gasteiger partial charge on any atom is -0.394 e. The molecule has 2 fully saturated rings. The van der Waals surface area contributed by atoms with E-state index >= 15 is 0 Å². The van der Waals surface area contributed by atoms with E-state index in [0.717, 1.165) is 5.56 Å². The number of nitrogens with two attached hydrogens (primary N) is 1. The summed E-state index contributed by atoms with van der Waals surface area (Å²) in [6, 6.07) is 6.94. The standard InChI is InChI=1S/C15H19NO5/c1-15(2)20-12-10(7-17)19-11(13(12)21-15)8-4-3-5-9(6-8)14(16)18/h3-6,10-13,17H,7H2,1-2H3,(H2,16,18)/t10-,11+,12?,13?/m1/s1. The molecular weight excluding hydrogens is 274 g/mol. The highest BCUT2D eigenvalue weighted by molar-refractivity contribution is 5.92. The Morgan fingerprint density at radius 2 is 2.05 bits per heavy atom. The quantitative estimate of drug-likeness (QED) is 0.857. The number of carbonyl (C=O) groups excluding carboxylic acids is 1. The molecule has 0 aromatic heterocycles. The number of primary amides is 1. The van der Waals surface area contributed by atoms with Crippen LogP contribution >= 0.6 is 0 Å². The van der Waals surface area contributed by atoms with E-state index in [9.17, 15) is 9.90 Å². The zero-order chi connectivity index (χ0) is 15.2. The van der Waals surface area contributed by atoms with Crippen molar-refractivity contribution in [3.63, 3.8) is 0 Å². The third-order valence-corrected chi connectivity index (χ3v) is 3.83. The summed E-state index contributed by atoms with van der Waals surface area (Å²) in [5, 5.41) is 9.46. The normalized spacial score (nSPS) is 33.9. The number of rotatable bonds is 3. The number of carbonyl (C=O) groups is 1. The number of hydrogen-bond acceptors (Lipinski definition) is 5. The van der Waals surface area contributed by atoms with E-state index in [1.807, 2.05) is 19.9 Å². The topological polar surface area (TPSA) is 91.0 Å².